The summed E-state index contributed by atoms with van der Waals surface area (Å²) in [6, 6.07) is 8.29. The third-order valence-electron chi connectivity index (χ3n) is 7.63. The minimum Gasteiger partial charge on any atom is -0.453 e. The molecule has 2 aliphatic heterocycles. The number of aromatic amines is 1. The third-order valence-corrected chi connectivity index (χ3v) is 8.10. The Hall–Kier alpha value is -3.89. The van der Waals surface area contributed by atoms with E-state index in [-0.39, 0.29) is 5.91 Å². The molecule has 2 aliphatic rings. The van der Waals surface area contributed by atoms with E-state index in [0.717, 1.165) is 40.8 Å². The summed E-state index contributed by atoms with van der Waals surface area (Å²) in [4.78, 5) is 30.7. The summed E-state index contributed by atoms with van der Waals surface area (Å²) in [6.45, 7) is 9.80. The van der Waals surface area contributed by atoms with E-state index in [2.05, 4.69) is 45.6 Å². The second kappa shape index (κ2) is 10.0. The van der Waals surface area contributed by atoms with Gasteiger partial charge in [-0.1, -0.05) is 24.2 Å². The minimum absolute atomic E-state index is 0.0468. The molecule has 1 amide bonds. The van der Waals surface area contributed by atoms with Crippen molar-refractivity contribution < 1.29 is 9.53 Å². The standard InChI is InChI=1S/C28H31ClN8O2/c1-5-23(38)35-9-11-36(12-10-35)27-19-7-6-8-22(25(19)31-28(32-27)37-15-18(16-37)34(3)4)39-26-20-14-30-33-21(20)13-17(2)24(26)29/h5-8,13-14,18H,1,9-12,15-16H2,2-4H3,(H,30,33). The highest BCUT2D eigenvalue weighted by molar-refractivity contribution is 6.34. The monoisotopic (exact) mass is 546 g/mol. The normalized spacial score (nSPS) is 16.3. The molecule has 0 saturated carbocycles. The lowest BCUT2D eigenvalue weighted by Gasteiger charge is -2.43. The molecule has 39 heavy (non-hydrogen) atoms. The Labute approximate surface area is 231 Å². The van der Waals surface area contributed by atoms with Gasteiger partial charge in [0.05, 0.1) is 22.1 Å². The van der Waals surface area contributed by atoms with Gasteiger partial charge < -0.3 is 24.3 Å². The quantitative estimate of drug-likeness (QED) is 0.365. The van der Waals surface area contributed by atoms with Gasteiger partial charge in [-0.2, -0.15) is 10.1 Å². The van der Waals surface area contributed by atoms with E-state index in [4.69, 9.17) is 26.3 Å². The molecular weight excluding hydrogens is 516 g/mol. The maximum atomic E-state index is 12.2. The second-order valence-corrected chi connectivity index (χ2v) is 10.7. The first kappa shape index (κ1) is 25.4. The highest BCUT2D eigenvalue weighted by Crippen LogP contribution is 2.41. The average molecular weight is 547 g/mol. The van der Waals surface area contributed by atoms with Crippen LogP contribution in [0.25, 0.3) is 21.8 Å². The zero-order chi connectivity index (χ0) is 27.3. The first-order chi connectivity index (χ1) is 18.8. The summed E-state index contributed by atoms with van der Waals surface area (Å²) in [5.74, 6) is 2.60. The van der Waals surface area contributed by atoms with Crippen LogP contribution >= 0.6 is 11.6 Å². The van der Waals surface area contributed by atoms with E-state index in [0.29, 0.717) is 60.2 Å². The molecule has 2 aromatic carbocycles. The molecule has 0 unspecified atom stereocenters. The van der Waals surface area contributed by atoms with Crippen LogP contribution < -0.4 is 14.5 Å². The van der Waals surface area contributed by atoms with Crippen LogP contribution in [0.4, 0.5) is 11.8 Å². The van der Waals surface area contributed by atoms with Crippen LogP contribution in [0.2, 0.25) is 5.02 Å². The summed E-state index contributed by atoms with van der Waals surface area (Å²) in [5, 5.41) is 9.42. The molecule has 202 valence electrons. The number of nitrogens with zero attached hydrogens (tertiary/aromatic N) is 7. The van der Waals surface area contributed by atoms with Crippen molar-refractivity contribution in [3.63, 3.8) is 0 Å². The number of aromatic nitrogens is 4. The molecule has 4 aromatic rings. The Morgan fingerprint density at radius 2 is 1.92 bits per heavy atom. The highest BCUT2D eigenvalue weighted by Gasteiger charge is 2.32. The van der Waals surface area contributed by atoms with Crippen LogP contribution in [0.15, 0.2) is 43.1 Å². The van der Waals surface area contributed by atoms with Crippen LogP contribution in [0.5, 0.6) is 11.5 Å². The molecule has 0 aliphatic carbocycles. The molecule has 2 fully saturated rings. The number of carbonyl (C=O) groups is 1. The van der Waals surface area contributed by atoms with Gasteiger partial charge in [-0.05, 0) is 50.9 Å². The number of nitrogens with one attached hydrogen (secondary N) is 1. The van der Waals surface area contributed by atoms with Crippen molar-refractivity contribution in [1.82, 2.24) is 30.0 Å². The fraction of sp³-hybridized carbons (Fsp3) is 0.357. The van der Waals surface area contributed by atoms with E-state index < -0.39 is 0 Å². The number of para-hydroxylation sites is 1. The number of anilines is 2. The largest absolute Gasteiger partial charge is 0.453 e. The molecular formula is C28H31ClN8O2. The predicted molar refractivity (Wildman–Crippen MR) is 154 cm³/mol. The minimum atomic E-state index is -0.0468. The van der Waals surface area contributed by atoms with Gasteiger partial charge in [0.2, 0.25) is 11.9 Å². The predicted octanol–water partition coefficient (Wildman–Crippen LogP) is 3.85. The number of hydrogen-bond donors (Lipinski definition) is 1. The van der Waals surface area contributed by atoms with E-state index in [1.54, 1.807) is 6.20 Å². The summed E-state index contributed by atoms with van der Waals surface area (Å²) in [7, 11) is 4.18. The smallest absolute Gasteiger partial charge is 0.246 e. The number of H-pyrrole nitrogens is 1. The summed E-state index contributed by atoms with van der Waals surface area (Å²) >= 11 is 6.73. The summed E-state index contributed by atoms with van der Waals surface area (Å²) in [6.07, 6.45) is 3.09. The fourth-order valence-electron chi connectivity index (χ4n) is 5.15. The Bertz CT molecular complexity index is 1570. The topological polar surface area (TPSA) is 93.7 Å². The first-order valence-corrected chi connectivity index (χ1v) is 13.4. The van der Waals surface area contributed by atoms with E-state index in [9.17, 15) is 4.79 Å². The van der Waals surface area contributed by atoms with Crippen LogP contribution in [0, 0.1) is 6.92 Å². The summed E-state index contributed by atoms with van der Waals surface area (Å²) in [5.41, 5.74) is 2.46. The molecule has 11 heteroatoms. The molecule has 2 aromatic heterocycles. The first-order valence-electron chi connectivity index (χ1n) is 13.0. The maximum Gasteiger partial charge on any atom is 0.246 e. The number of piperazine rings is 1. The Kier molecular flexibility index (Phi) is 6.52. The number of rotatable bonds is 6. The average Bonchev–Trinajstić information content (AvgIpc) is 3.37. The Balaban J connectivity index is 1.43. The van der Waals surface area contributed by atoms with Crippen molar-refractivity contribution in [2.75, 3.05) is 63.2 Å². The second-order valence-electron chi connectivity index (χ2n) is 10.3. The Morgan fingerprint density at radius 1 is 1.15 bits per heavy atom. The van der Waals surface area contributed by atoms with Gasteiger partial charge in [-0.3, -0.25) is 9.89 Å². The molecule has 0 radical (unpaired) electrons. The van der Waals surface area contributed by atoms with Gasteiger partial charge >= 0.3 is 0 Å². The van der Waals surface area contributed by atoms with Crippen molar-refractivity contribution in [2.45, 2.75) is 13.0 Å². The van der Waals surface area contributed by atoms with Gasteiger partial charge in [-0.25, -0.2) is 4.98 Å². The number of aryl methyl sites for hydroxylation is 1. The van der Waals surface area contributed by atoms with Gasteiger partial charge in [0, 0.05) is 50.7 Å². The van der Waals surface area contributed by atoms with E-state index >= 15 is 0 Å². The molecule has 6 rings (SSSR count). The van der Waals surface area contributed by atoms with E-state index in [1.807, 2.05) is 36.1 Å². The number of ether oxygens (including phenoxy) is 1. The van der Waals surface area contributed by atoms with Gasteiger partial charge in [0.15, 0.2) is 11.5 Å². The van der Waals surface area contributed by atoms with Crippen LogP contribution in [-0.4, -0.2) is 95.3 Å². The van der Waals surface area contributed by atoms with Crippen molar-refractivity contribution >= 4 is 51.1 Å². The molecule has 1 N–H and O–H groups in total. The van der Waals surface area contributed by atoms with Crippen molar-refractivity contribution in [3.05, 3.63) is 53.7 Å². The number of fused-ring (bicyclic) bond motifs is 2. The third kappa shape index (κ3) is 4.53. The van der Waals surface area contributed by atoms with Crippen molar-refractivity contribution in [2.24, 2.45) is 0 Å². The van der Waals surface area contributed by atoms with Gasteiger partial charge in [-0.15, -0.1) is 0 Å². The molecule has 2 saturated heterocycles. The number of carbonyl (C=O) groups excluding carboxylic acids is 1. The van der Waals surface area contributed by atoms with Crippen molar-refractivity contribution in [1.29, 1.82) is 0 Å². The molecule has 10 nitrogen and oxygen atoms in total. The Morgan fingerprint density at radius 3 is 2.64 bits per heavy atom. The fourth-order valence-corrected chi connectivity index (χ4v) is 5.34. The lowest BCUT2D eigenvalue weighted by molar-refractivity contribution is -0.126. The molecule has 0 atom stereocenters. The molecule has 0 spiro atoms. The van der Waals surface area contributed by atoms with E-state index in [1.165, 1.54) is 6.08 Å². The van der Waals surface area contributed by atoms with Crippen LogP contribution in [0.3, 0.4) is 0 Å². The maximum absolute atomic E-state index is 12.2. The zero-order valence-electron chi connectivity index (χ0n) is 22.3. The molecule has 0 bridgehead atoms. The highest BCUT2D eigenvalue weighted by atomic mass is 35.5. The van der Waals surface area contributed by atoms with Crippen molar-refractivity contribution in [3.8, 4) is 11.5 Å². The SMILES string of the molecule is C=CC(=O)N1CCN(c2nc(N3CC(N(C)C)C3)nc3c(Oc4c(Cl)c(C)cc5[nH]ncc45)cccc23)CC1. The van der Waals surface area contributed by atoms with Crippen LogP contribution in [-0.2, 0) is 4.79 Å². The summed E-state index contributed by atoms with van der Waals surface area (Å²) < 4.78 is 6.53. The zero-order valence-corrected chi connectivity index (χ0v) is 23.1. The number of benzene rings is 2. The lowest BCUT2D eigenvalue weighted by atomic mass is 10.1. The number of halogens is 1. The lowest BCUT2D eigenvalue weighted by Crippen LogP contribution is -2.58. The number of likely N-dealkylation sites (N-methyl/N-ethyl adjacent to an activating group) is 1. The number of amides is 1. The van der Waals surface area contributed by atoms with Gasteiger partial charge in [0.25, 0.3) is 0 Å². The van der Waals surface area contributed by atoms with Crippen LogP contribution in [0.1, 0.15) is 5.56 Å². The van der Waals surface area contributed by atoms with Gasteiger partial charge in [0.1, 0.15) is 11.3 Å². The molecule has 4 heterocycles. The number of hydrogen-bond acceptors (Lipinski definition) is 8.